The Morgan fingerprint density at radius 2 is 1.70 bits per heavy atom. The van der Waals surface area contributed by atoms with Crippen molar-refractivity contribution in [2.24, 2.45) is 0 Å². The van der Waals surface area contributed by atoms with Crippen LogP contribution in [0, 0.1) is 20.8 Å². The average molecular weight is 521 g/mol. The second kappa shape index (κ2) is 10.7. The minimum atomic E-state index is -3.98. The monoisotopic (exact) mass is 520 g/mol. The van der Waals surface area contributed by atoms with Crippen LogP contribution < -0.4 is 4.72 Å². The number of ether oxygens (including phenoxy) is 1. The number of hydrogen-bond donors (Lipinski definition) is 1. The number of rotatable bonds is 8. The van der Waals surface area contributed by atoms with Crippen LogP contribution in [0.1, 0.15) is 54.5 Å². The Morgan fingerprint density at radius 3 is 2.35 bits per heavy atom. The van der Waals surface area contributed by atoms with Gasteiger partial charge in [-0.05, 0) is 63.1 Å². The highest BCUT2D eigenvalue weighted by molar-refractivity contribution is 7.90. The molecule has 0 aliphatic rings. The first-order chi connectivity index (χ1) is 17.6. The Bertz CT molecular complexity index is 1530. The second-order valence-electron chi connectivity index (χ2n) is 9.30. The van der Waals surface area contributed by atoms with E-state index in [1.165, 1.54) is 12.1 Å². The van der Waals surface area contributed by atoms with Gasteiger partial charge in [0, 0.05) is 23.7 Å². The lowest BCUT2D eigenvalue weighted by Gasteiger charge is -2.14. The standard InChI is InChI=1S/C28H32N4O4S/c1-6-19(3)27-30-26-21(5)29-20(4)17-25(26)32(27)23-11-9-22(10-12-23)15-16-36-28(33)31-37(34,35)24-13-7-18(2)8-14-24/h7-14,17,19H,6,15-16H2,1-5H3,(H,31,33). The van der Waals surface area contributed by atoms with Gasteiger partial charge in [0.2, 0.25) is 0 Å². The summed E-state index contributed by atoms with van der Waals surface area (Å²) in [4.78, 5) is 21.6. The van der Waals surface area contributed by atoms with Crippen LogP contribution in [0.3, 0.4) is 0 Å². The van der Waals surface area contributed by atoms with E-state index in [0.717, 1.165) is 51.5 Å². The van der Waals surface area contributed by atoms with E-state index < -0.39 is 16.1 Å². The molecule has 9 heteroatoms. The number of nitrogens with zero attached hydrogens (tertiary/aromatic N) is 3. The van der Waals surface area contributed by atoms with Gasteiger partial charge in [0.1, 0.15) is 11.3 Å². The summed E-state index contributed by atoms with van der Waals surface area (Å²) in [5.74, 6) is 1.27. The first-order valence-corrected chi connectivity index (χ1v) is 13.8. The third-order valence-corrected chi connectivity index (χ3v) is 7.72. The molecule has 0 radical (unpaired) electrons. The van der Waals surface area contributed by atoms with E-state index in [0.29, 0.717) is 6.42 Å². The summed E-state index contributed by atoms with van der Waals surface area (Å²) in [5, 5.41) is 0. The van der Waals surface area contributed by atoms with Gasteiger partial charge in [-0.2, -0.15) is 0 Å². The number of amides is 1. The summed E-state index contributed by atoms with van der Waals surface area (Å²) in [6.07, 6.45) is 0.412. The molecule has 0 fully saturated rings. The maximum Gasteiger partial charge on any atom is 0.421 e. The molecule has 0 aliphatic carbocycles. The number of pyridine rings is 1. The summed E-state index contributed by atoms with van der Waals surface area (Å²) in [5.41, 5.74) is 6.67. The maximum absolute atomic E-state index is 12.3. The van der Waals surface area contributed by atoms with Crippen LogP contribution in [-0.2, 0) is 21.2 Å². The highest BCUT2D eigenvalue weighted by Gasteiger charge is 2.20. The van der Waals surface area contributed by atoms with Crippen molar-refractivity contribution in [1.82, 2.24) is 19.3 Å². The lowest BCUT2D eigenvalue weighted by atomic mass is 10.1. The topological polar surface area (TPSA) is 103 Å². The molecule has 194 valence electrons. The molecule has 0 bridgehead atoms. The van der Waals surface area contributed by atoms with Gasteiger partial charge in [-0.1, -0.05) is 43.7 Å². The first-order valence-electron chi connectivity index (χ1n) is 12.3. The molecule has 1 atom stereocenters. The van der Waals surface area contributed by atoms with Crippen molar-refractivity contribution in [3.05, 3.63) is 82.9 Å². The second-order valence-corrected chi connectivity index (χ2v) is 11.0. The van der Waals surface area contributed by atoms with Crippen LogP contribution in [0.2, 0.25) is 0 Å². The zero-order chi connectivity index (χ0) is 26.7. The fraction of sp³-hybridized carbons (Fsp3) is 0.321. The van der Waals surface area contributed by atoms with Crippen LogP contribution >= 0.6 is 0 Å². The van der Waals surface area contributed by atoms with E-state index in [1.807, 2.05) is 49.8 Å². The van der Waals surface area contributed by atoms with E-state index in [1.54, 1.807) is 12.1 Å². The lowest BCUT2D eigenvalue weighted by molar-refractivity contribution is 0.154. The summed E-state index contributed by atoms with van der Waals surface area (Å²) in [6.45, 7) is 10.2. The molecule has 2 aromatic heterocycles. The van der Waals surface area contributed by atoms with Crippen LogP contribution in [0.5, 0.6) is 0 Å². The van der Waals surface area contributed by atoms with E-state index in [9.17, 15) is 13.2 Å². The quantitative estimate of drug-likeness (QED) is 0.328. The molecule has 2 heterocycles. The number of fused-ring (bicyclic) bond motifs is 1. The number of sulfonamides is 1. The van der Waals surface area contributed by atoms with Gasteiger partial charge in [-0.15, -0.1) is 0 Å². The van der Waals surface area contributed by atoms with Crippen LogP contribution in [0.4, 0.5) is 4.79 Å². The van der Waals surface area contributed by atoms with Crippen molar-refractivity contribution in [3.8, 4) is 5.69 Å². The number of aryl methyl sites for hydroxylation is 3. The van der Waals surface area contributed by atoms with Gasteiger partial charge < -0.3 is 4.74 Å². The van der Waals surface area contributed by atoms with Crippen LogP contribution in [0.15, 0.2) is 59.5 Å². The predicted octanol–water partition coefficient (Wildman–Crippen LogP) is 5.52. The van der Waals surface area contributed by atoms with E-state index in [2.05, 4.69) is 29.5 Å². The van der Waals surface area contributed by atoms with Crippen molar-refractivity contribution in [1.29, 1.82) is 0 Å². The fourth-order valence-corrected chi connectivity index (χ4v) is 5.06. The molecule has 1 amide bonds. The summed E-state index contributed by atoms with van der Waals surface area (Å²) in [7, 11) is -3.98. The largest absolute Gasteiger partial charge is 0.448 e. The van der Waals surface area contributed by atoms with Crippen molar-refractivity contribution in [3.63, 3.8) is 0 Å². The Morgan fingerprint density at radius 1 is 1.03 bits per heavy atom. The third kappa shape index (κ3) is 5.83. The number of aromatic nitrogens is 3. The summed E-state index contributed by atoms with van der Waals surface area (Å²) in [6, 6.07) is 16.3. The molecule has 8 nitrogen and oxygen atoms in total. The van der Waals surface area contributed by atoms with E-state index in [4.69, 9.17) is 9.72 Å². The molecule has 37 heavy (non-hydrogen) atoms. The Kier molecular flexibility index (Phi) is 7.63. The molecule has 0 spiro atoms. The average Bonchev–Trinajstić information content (AvgIpc) is 3.23. The zero-order valence-corrected chi connectivity index (χ0v) is 22.6. The fourth-order valence-electron chi connectivity index (χ4n) is 4.17. The van der Waals surface area contributed by atoms with E-state index >= 15 is 0 Å². The normalized spacial score (nSPS) is 12.5. The third-order valence-electron chi connectivity index (χ3n) is 6.39. The molecule has 1 N–H and O–H groups in total. The smallest absolute Gasteiger partial charge is 0.421 e. The number of imidazole rings is 1. The highest BCUT2D eigenvalue weighted by Crippen LogP contribution is 2.29. The number of nitrogens with one attached hydrogen (secondary N) is 1. The lowest BCUT2D eigenvalue weighted by Crippen LogP contribution is -2.31. The van der Waals surface area contributed by atoms with Gasteiger partial charge in [-0.25, -0.2) is 22.9 Å². The molecule has 0 saturated carbocycles. The van der Waals surface area contributed by atoms with Gasteiger partial charge in [-0.3, -0.25) is 9.55 Å². The van der Waals surface area contributed by atoms with E-state index in [-0.39, 0.29) is 17.4 Å². The minimum Gasteiger partial charge on any atom is -0.448 e. The minimum absolute atomic E-state index is 0.00981. The number of carbonyl (C=O) groups excluding carboxylic acids is 1. The van der Waals surface area contributed by atoms with Crippen LogP contribution in [0.25, 0.3) is 16.7 Å². The number of hydrogen-bond acceptors (Lipinski definition) is 6. The molecule has 4 aromatic rings. The maximum atomic E-state index is 12.3. The van der Waals surface area contributed by atoms with Gasteiger partial charge in [0.25, 0.3) is 10.0 Å². The molecular formula is C28H32N4O4S. The van der Waals surface area contributed by atoms with Crippen molar-refractivity contribution in [2.45, 2.75) is 58.3 Å². The van der Waals surface area contributed by atoms with Gasteiger partial charge in [0.15, 0.2) is 0 Å². The van der Waals surface area contributed by atoms with Gasteiger partial charge >= 0.3 is 6.09 Å². The first kappa shape index (κ1) is 26.3. The SMILES string of the molecule is CCC(C)c1nc2c(C)nc(C)cc2n1-c1ccc(CCOC(=O)NS(=O)(=O)c2ccc(C)cc2)cc1. The van der Waals surface area contributed by atoms with Crippen LogP contribution in [-0.4, -0.2) is 35.7 Å². The Hall–Kier alpha value is -3.72. The summed E-state index contributed by atoms with van der Waals surface area (Å²) < 4.78 is 34.0. The number of carbonyl (C=O) groups is 1. The highest BCUT2D eigenvalue weighted by atomic mass is 32.2. The number of benzene rings is 2. The Balaban J connectivity index is 1.45. The van der Waals surface area contributed by atoms with Gasteiger partial charge in [0.05, 0.1) is 22.7 Å². The molecule has 0 aliphatic heterocycles. The predicted molar refractivity (Wildman–Crippen MR) is 144 cm³/mol. The Labute approximate surface area is 217 Å². The van der Waals surface area contributed by atoms with Crippen molar-refractivity contribution >= 4 is 27.1 Å². The molecular weight excluding hydrogens is 488 g/mol. The molecule has 4 rings (SSSR count). The zero-order valence-electron chi connectivity index (χ0n) is 21.8. The molecule has 0 saturated heterocycles. The molecule has 1 unspecified atom stereocenters. The van der Waals surface area contributed by atoms with Crippen molar-refractivity contribution in [2.75, 3.05) is 6.61 Å². The summed E-state index contributed by atoms with van der Waals surface area (Å²) >= 11 is 0. The van der Waals surface area contributed by atoms with Crippen molar-refractivity contribution < 1.29 is 17.9 Å². The molecule has 2 aromatic carbocycles.